The fraction of sp³-hybridized carbons (Fsp3) is 0.368. The average molecular weight is 344 g/mol. The third-order valence-corrected chi connectivity index (χ3v) is 4.33. The Morgan fingerprint density at radius 3 is 2.72 bits per heavy atom. The lowest BCUT2D eigenvalue weighted by Crippen LogP contribution is -2.30. The molecule has 0 saturated carbocycles. The summed E-state index contributed by atoms with van der Waals surface area (Å²) in [6, 6.07) is 1.31. The lowest BCUT2D eigenvalue weighted by Gasteiger charge is -2.19. The van der Waals surface area contributed by atoms with E-state index in [9.17, 15) is 19.8 Å². The number of fused-ring (bicyclic) bond motifs is 2. The van der Waals surface area contributed by atoms with Crippen molar-refractivity contribution >= 4 is 16.8 Å². The number of carbonyl (C=O) groups is 1. The van der Waals surface area contributed by atoms with Crippen LogP contribution in [0, 0.1) is 0 Å². The summed E-state index contributed by atoms with van der Waals surface area (Å²) in [5, 5.41) is 20.2. The zero-order valence-corrected chi connectivity index (χ0v) is 14.4. The van der Waals surface area contributed by atoms with Crippen LogP contribution < -0.4 is 10.2 Å². The normalized spacial score (nSPS) is 16.6. The van der Waals surface area contributed by atoms with Crippen molar-refractivity contribution in [3.8, 4) is 11.5 Å². The Balaban J connectivity index is 2.39. The van der Waals surface area contributed by atoms with Crippen LogP contribution in [0.2, 0.25) is 0 Å². The number of methoxy groups -OCH3 is 1. The first-order valence-electron chi connectivity index (χ1n) is 8.06. The maximum Gasteiger partial charge on any atom is 0.204 e. The highest BCUT2D eigenvalue weighted by Gasteiger charge is 2.31. The number of aromatic hydroxyl groups is 1. The number of ether oxygens (including phenoxy) is 1. The molecule has 1 aromatic heterocycles. The summed E-state index contributed by atoms with van der Waals surface area (Å²) in [4.78, 5) is 25.3. The van der Waals surface area contributed by atoms with Crippen molar-refractivity contribution in [2.45, 2.75) is 39.2 Å². The molecule has 1 heterocycles. The zero-order valence-electron chi connectivity index (χ0n) is 14.4. The van der Waals surface area contributed by atoms with Crippen LogP contribution in [0.4, 0.5) is 0 Å². The molecule has 1 aromatic carbocycles. The number of phenols is 1. The van der Waals surface area contributed by atoms with Crippen molar-refractivity contribution in [1.82, 2.24) is 0 Å². The van der Waals surface area contributed by atoms with Crippen molar-refractivity contribution in [1.29, 1.82) is 0 Å². The molecule has 0 amide bonds. The van der Waals surface area contributed by atoms with E-state index in [1.54, 1.807) is 0 Å². The Kier molecular flexibility index (Phi) is 4.39. The van der Waals surface area contributed by atoms with E-state index in [1.807, 2.05) is 19.9 Å². The summed E-state index contributed by atoms with van der Waals surface area (Å²) in [5.41, 5.74) is 1.25. The standard InChI is InChI=1S/C19H20O6/c1-9(2)4-5-11-16-15(8-13(22)19(11)24-3)25-14-7-10(20)6-12(21)17(14)18(16)23/h4,8,10,20,22H,5-7H2,1-3H3. The van der Waals surface area contributed by atoms with Crippen molar-refractivity contribution in [3.05, 3.63) is 44.8 Å². The smallest absolute Gasteiger partial charge is 0.204 e. The van der Waals surface area contributed by atoms with Gasteiger partial charge in [0.25, 0.3) is 0 Å². The number of hydrogen-bond acceptors (Lipinski definition) is 6. The molecule has 1 atom stereocenters. The molecule has 3 rings (SSSR count). The van der Waals surface area contributed by atoms with E-state index in [-0.39, 0.29) is 46.6 Å². The summed E-state index contributed by atoms with van der Waals surface area (Å²) in [5.74, 6) is -0.206. The van der Waals surface area contributed by atoms with Crippen molar-refractivity contribution in [2.75, 3.05) is 7.11 Å². The highest BCUT2D eigenvalue weighted by atomic mass is 16.5. The van der Waals surface area contributed by atoms with Gasteiger partial charge in [-0.3, -0.25) is 9.59 Å². The van der Waals surface area contributed by atoms with Crippen LogP contribution >= 0.6 is 0 Å². The topological polar surface area (TPSA) is 97.0 Å². The molecular formula is C19H20O6. The minimum atomic E-state index is -0.863. The van der Waals surface area contributed by atoms with Gasteiger partial charge in [-0.15, -0.1) is 0 Å². The number of Topliss-reactive ketones (excluding diaryl/α,β-unsaturated/α-hetero) is 1. The first-order valence-corrected chi connectivity index (χ1v) is 8.06. The summed E-state index contributed by atoms with van der Waals surface area (Å²) in [7, 11) is 1.41. The molecule has 2 aromatic rings. The molecule has 0 radical (unpaired) electrons. The molecule has 2 N–H and O–H groups in total. The Morgan fingerprint density at radius 1 is 1.36 bits per heavy atom. The molecule has 0 saturated heterocycles. The van der Waals surface area contributed by atoms with E-state index in [0.717, 1.165) is 5.57 Å². The maximum absolute atomic E-state index is 13.0. The maximum atomic E-state index is 13.0. The van der Waals surface area contributed by atoms with Crippen molar-refractivity contribution in [3.63, 3.8) is 0 Å². The van der Waals surface area contributed by atoms with Gasteiger partial charge in [-0.2, -0.15) is 0 Å². The zero-order chi connectivity index (χ0) is 18.3. The second-order valence-electron chi connectivity index (χ2n) is 6.48. The molecule has 0 bridgehead atoms. The first kappa shape index (κ1) is 17.2. The summed E-state index contributed by atoms with van der Waals surface area (Å²) >= 11 is 0. The lowest BCUT2D eigenvalue weighted by atomic mass is 9.91. The van der Waals surface area contributed by atoms with Gasteiger partial charge in [-0.25, -0.2) is 0 Å². The van der Waals surface area contributed by atoms with E-state index < -0.39 is 17.3 Å². The molecule has 6 heteroatoms. The first-order chi connectivity index (χ1) is 11.8. The highest BCUT2D eigenvalue weighted by molar-refractivity contribution is 6.01. The molecule has 1 aliphatic rings. The number of carbonyl (C=O) groups excluding carboxylic acids is 1. The van der Waals surface area contributed by atoms with Gasteiger partial charge < -0.3 is 19.4 Å². The van der Waals surface area contributed by atoms with E-state index >= 15 is 0 Å². The monoisotopic (exact) mass is 344 g/mol. The van der Waals surface area contributed by atoms with Gasteiger partial charge in [0.2, 0.25) is 5.43 Å². The number of rotatable bonds is 3. The SMILES string of the molecule is COc1c(O)cc2oc3c(c(=O)c2c1CC=C(C)C)C(=O)CC(O)C3. The molecule has 0 aliphatic heterocycles. The van der Waals surface area contributed by atoms with Gasteiger partial charge >= 0.3 is 0 Å². The number of benzene rings is 1. The van der Waals surface area contributed by atoms with E-state index in [4.69, 9.17) is 9.15 Å². The van der Waals surface area contributed by atoms with Crippen LogP contribution in [0.25, 0.3) is 11.0 Å². The highest BCUT2D eigenvalue weighted by Crippen LogP contribution is 2.37. The Hall–Kier alpha value is -2.60. The Labute approximate surface area is 144 Å². The molecule has 1 aliphatic carbocycles. The molecule has 1 unspecified atom stereocenters. The van der Waals surface area contributed by atoms with Crippen LogP contribution in [0.3, 0.4) is 0 Å². The average Bonchev–Trinajstić information content (AvgIpc) is 2.51. The predicted molar refractivity (Wildman–Crippen MR) is 92.5 cm³/mol. The van der Waals surface area contributed by atoms with Crippen LogP contribution in [0.1, 0.15) is 41.9 Å². The van der Waals surface area contributed by atoms with Gasteiger partial charge in [0, 0.05) is 24.5 Å². The molecule has 6 nitrogen and oxygen atoms in total. The van der Waals surface area contributed by atoms with Crippen molar-refractivity contribution < 1.29 is 24.2 Å². The number of aliphatic hydroxyl groups is 1. The molecule has 0 spiro atoms. The third-order valence-electron chi connectivity index (χ3n) is 4.33. The number of hydrogen-bond donors (Lipinski definition) is 2. The second-order valence-corrected chi connectivity index (χ2v) is 6.48. The van der Waals surface area contributed by atoms with Crippen LogP contribution in [0.5, 0.6) is 11.5 Å². The molecule has 132 valence electrons. The van der Waals surface area contributed by atoms with E-state index in [2.05, 4.69) is 0 Å². The molecular weight excluding hydrogens is 324 g/mol. The van der Waals surface area contributed by atoms with Crippen LogP contribution in [0.15, 0.2) is 26.9 Å². The van der Waals surface area contributed by atoms with Gasteiger partial charge in [0.05, 0.1) is 18.6 Å². The lowest BCUT2D eigenvalue weighted by molar-refractivity contribution is 0.0833. The van der Waals surface area contributed by atoms with Gasteiger partial charge in [0.1, 0.15) is 16.9 Å². The second kappa shape index (κ2) is 6.37. The Bertz CT molecular complexity index is 947. The minimum Gasteiger partial charge on any atom is -0.504 e. The fourth-order valence-electron chi connectivity index (χ4n) is 3.20. The largest absolute Gasteiger partial charge is 0.504 e. The van der Waals surface area contributed by atoms with Gasteiger partial charge in [-0.05, 0) is 20.3 Å². The Morgan fingerprint density at radius 2 is 2.08 bits per heavy atom. The summed E-state index contributed by atoms with van der Waals surface area (Å²) in [6.45, 7) is 3.85. The predicted octanol–water partition coefficient (Wildman–Crippen LogP) is 2.51. The van der Waals surface area contributed by atoms with Gasteiger partial charge in [0.15, 0.2) is 17.3 Å². The summed E-state index contributed by atoms with van der Waals surface area (Å²) in [6.07, 6.45) is 1.40. The van der Waals surface area contributed by atoms with Crippen molar-refractivity contribution in [2.24, 2.45) is 0 Å². The van der Waals surface area contributed by atoms with E-state index in [1.165, 1.54) is 13.2 Å². The number of ketones is 1. The summed E-state index contributed by atoms with van der Waals surface area (Å²) < 4.78 is 11.0. The van der Waals surface area contributed by atoms with E-state index in [0.29, 0.717) is 12.0 Å². The van der Waals surface area contributed by atoms with Crippen LogP contribution in [-0.4, -0.2) is 29.2 Å². The van der Waals surface area contributed by atoms with Gasteiger partial charge in [-0.1, -0.05) is 11.6 Å². The molecule has 25 heavy (non-hydrogen) atoms. The quantitative estimate of drug-likeness (QED) is 0.831. The fourth-order valence-corrected chi connectivity index (χ4v) is 3.20. The number of aliphatic hydroxyl groups excluding tert-OH is 1. The number of allylic oxidation sites excluding steroid dienone is 2. The third kappa shape index (κ3) is 2.93. The minimum absolute atomic E-state index is 0.0102. The van der Waals surface area contributed by atoms with Crippen LogP contribution in [-0.2, 0) is 12.8 Å². The number of phenolic OH excluding ortho intramolecular Hbond substituents is 1. The molecule has 0 fully saturated rings.